The molecule has 6 atom stereocenters. The van der Waals surface area contributed by atoms with Crippen LogP contribution in [0.25, 0.3) is 107 Å². The molecule has 135 heavy (non-hydrogen) atoms. The Bertz CT molecular complexity index is 7700. The van der Waals surface area contributed by atoms with Gasteiger partial charge in [0.25, 0.3) is 0 Å². The van der Waals surface area contributed by atoms with Crippen LogP contribution in [-0.4, -0.2) is 25.8 Å². The number of rotatable bonds is 19. The lowest BCUT2D eigenvalue weighted by atomic mass is 9.79. The predicted molar refractivity (Wildman–Crippen MR) is 577 cm³/mol. The highest BCUT2D eigenvalue weighted by molar-refractivity contribution is 6.12. The van der Waals surface area contributed by atoms with E-state index in [2.05, 4.69) is 499 Å². The fraction of sp³-hybridized carbons (Fsp3) is 0.132. The third kappa shape index (κ3) is 16.6. The van der Waals surface area contributed by atoms with Crippen LogP contribution in [0.4, 0.5) is 22.7 Å². The molecule has 1 N–H and O–H groups in total. The van der Waals surface area contributed by atoms with Gasteiger partial charge in [-0.2, -0.15) is 0 Å². The van der Waals surface area contributed by atoms with E-state index in [1.165, 1.54) is 167 Å². The van der Waals surface area contributed by atoms with E-state index >= 15 is 0 Å². The van der Waals surface area contributed by atoms with Crippen molar-refractivity contribution in [2.45, 2.75) is 100 Å². The highest BCUT2D eigenvalue weighted by Gasteiger charge is 2.43. The summed E-state index contributed by atoms with van der Waals surface area (Å²) in [5.74, 6) is 1.69. The van der Waals surface area contributed by atoms with E-state index in [0.717, 1.165) is 68.4 Å². The van der Waals surface area contributed by atoms with Gasteiger partial charge in [-0.15, -0.1) is 0 Å². The summed E-state index contributed by atoms with van der Waals surface area (Å²) in [4.78, 5) is 5.26. The van der Waals surface area contributed by atoms with Crippen molar-refractivity contribution in [2.24, 2.45) is 5.92 Å². The zero-order chi connectivity index (χ0) is 90.7. The van der Waals surface area contributed by atoms with Gasteiger partial charge in [-0.05, 0) is 252 Å². The minimum absolute atomic E-state index is 0.165. The molecule has 8 aliphatic carbocycles. The summed E-state index contributed by atoms with van der Waals surface area (Å²) in [6, 6.07) is 107. The van der Waals surface area contributed by atoms with E-state index in [0.29, 0.717) is 17.8 Å². The zero-order valence-corrected chi connectivity index (χ0v) is 76.7. The lowest BCUT2D eigenvalue weighted by Gasteiger charge is -2.38. The second-order valence-electron chi connectivity index (χ2n) is 37.1. The fourth-order valence-electron chi connectivity index (χ4n) is 22.1. The van der Waals surface area contributed by atoms with Gasteiger partial charge in [0.15, 0.2) is 0 Å². The van der Waals surface area contributed by atoms with Crippen molar-refractivity contribution in [3.05, 3.63) is 535 Å². The number of aromatic nitrogens is 3. The molecule has 0 saturated heterocycles. The maximum absolute atomic E-state index is 4.18. The highest BCUT2D eigenvalue weighted by Crippen LogP contribution is 2.56. The summed E-state index contributed by atoms with van der Waals surface area (Å²) in [5, 5.41) is 9.87. The van der Waals surface area contributed by atoms with E-state index in [1.54, 1.807) is 0 Å². The number of para-hydroxylation sites is 6. The maximum Gasteiger partial charge on any atom is 0.0630 e. The van der Waals surface area contributed by atoms with Crippen molar-refractivity contribution < 1.29 is 0 Å². The van der Waals surface area contributed by atoms with E-state index in [4.69, 9.17) is 0 Å². The summed E-state index contributed by atoms with van der Waals surface area (Å²) < 4.78 is 7.12. The van der Waals surface area contributed by atoms with Crippen LogP contribution >= 0.6 is 0 Å². The van der Waals surface area contributed by atoms with E-state index in [9.17, 15) is 0 Å². The topological polar surface area (TPSA) is 33.3 Å². The van der Waals surface area contributed by atoms with Gasteiger partial charge in [0, 0.05) is 113 Å². The SMILES string of the molecule is C1=CCC(c2ccc(NC3=CCC(c4ccccc4)C=C3)cc2)C=C1.C=C/C=C\C=C\c1ccc(N(C2=CC3=C(CC2)c2ccc(N4c5ccccc5C5C=C(c6ccc7c(c6)c6ccccc6n7C6=CC=CCC6)C=CC54)cc2C3(C)C)C2C=CC(C3C=CC=CC3)=CC2)cc1.C=Cc1c(/C=C/c2ccc3c(c2)c2ccccc2n3-c2ccccc2)c2ccccc2n1-c1ccccc1. The van der Waals surface area contributed by atoms with Crippen molar-refractivity contribution in [1.29, 1.82) is 0 Å². The number of benzene rings is 12. The standard InChI is InChI=1S/C69H61N3.C36H26N2.C24H23N/c1-4-5-6-9-18-47-27-33-53(34-28-47)70(54-35-29-49(30-36-54)48-19-10-7-11-20-48)55-37-39-57-58-40-38-56(46-64(58)69(2,3)63(57)45-55)72-66-26-17-15-24-60(66)62-44-51(32-42-68(62)72)50-31-41-67-61(43-50)59-23-14-16-25-65(59)71(67)52-21-12-8-13-22-52;1-2-33-31(29-17-9-11-19-34(29)37(33)27-13-5-3-6-14-27)23-21-26-22-24-36-32(25-26)30-18-10-12-20-35(30)38(36)28-15-7-4-8-16-28;1-3-7-19(8-4-1)21-11-15-23(16-12-21)25-24-17-13-22(14-18-24)20-9-5-2-6-10-20/h4-12,14-19,21,23-35,38,40-46,48,54,62,68H,1,13,20,22,36-37,39H2,2-3H3;2-25H,1H2;1-9,11,13-18,20-21,25H,10,12H2/b6-5-,18-9+;23-21+;. The minimum atomic E-state index is -0.165. The molecular weight excluding hydrogens is 1630 g/mol. The van der Waals surface area contributed by atoms with Crippen molar-refractivity contribution in [2.75, 3.05) is 15.1 Å². The van der Waals surface area contributed by atoms with Crippen LogP contribution in [-0.2, 0) is 5.41 Å². The second kappa shape index (κ2) is 37.5. The first kappa shape index (κ1) is 84.8. The second-order valence-corrected chi connectivity index (χ2v) is 37.1. The molecule has 0 saturated carbocycles. The normalized spacial score (nSPS) is 19.4. The van der Waals surface area contributed by atoms with Gasteiger partial charge in [0.2, 0.25) is 0 Å². The molecule has 0 radical (unpaired) electrons. The first-order valence-corrected chi connectivity index (χ1v) is 48.2. The molecule has 15 aromatic rings. The Hall–Kier alpha value is -15.8. The fourth-order valence-corrected chi connectivity index (χ4v) is 22.1. The third-order valence-electron chi connectivity index (χ3n) is 28.8. The number of hydrogen-bond donors (Lipinski definition) is 1. The average Bonchev–Trinajstić information content (AvgIpc) is 1.57. The predicted octanol–water partition coefficient (Wildman–Crippen LogP) is 33.5. The Labute approximate surface area is 794 Å². The van der Waals surface area contributed by atoms with Crippen molar-refractivity contribution in [3.8, 4) is 11.4 Å². The average molecular weight is 1740 g/mol. The molecule has 656 valence electrons. The van der Waals surface area contributed by atoms with E-state index in [1.807, 2.05) is 24.3 Å². The van der Waals surface area contributed by atoms with Crippen LogP contribution in [0.1, 0.15) is 139 Å². The highest BCUT2D eigenvalue weighted by atomic mass is 15.2. The molecule has 12 aromatic carbocycles. The molecular formula is C129H110N6. The Morgan fingerprint density at radius 2 is 1.10 bits per heavy atom. The van der Waals surface area contributed by atoms with Crippen LogP contribution < -0.4 is 15.1 Å². The van der Waals surface area contributed by atoms with Crippen LogP contribution in [0.3, 0.4) is 0 Å². The lowest BCUT2D eigenvalue weighted by Crippen LogP contribution is -2.35. The Morgan fingerprint density at radius 1 is 0.452 bits per heavy atom. The lowest BCUT2D eigenvalue weighted by molar-refractivity contribution is 0.641. The monoisotopic (exact) mass is 1740 g/mol. The van der Waals surface area contributed by atoms with Gasteiger partial charge in [0.1, 0.15) is 0 Å². The Balaban J connectivity index is 0.000000138. The Morgan fingerprint density at radius 3 is 1.81 bits per heavy atom. The first-order valence-electron chi connectivity index (χ1n) is 48.2. The summed E-state index contributed by atoms with van der Waals surface area (Å²) in [7, 11) is 0. The number of fused-ring (bicyclic) bond motifs is 12. The minimum Gasteiger partial charge on any atom is -0.356 e. The van der Waals surface area contributed by atoms with Gasteiger partial charge in [-0.25, -0.2) is 0 Å². The molecule has 3 aromatic heterocycles. The summed E-state index contributed by atoms with van der Waals surface area (Å²) in [6.07, 6.45) is 73.5. The molecule has 0 fully saturated rings. The van der Waals surface area contributed by atoms with Gasteiger partial charge in [-0.3, -0.25) is 0 Å². The number of hydrogen-bond acceptors (Lipinski definition) is 3. The molecule has 6 unspecified atom stereocenters. The van der Waals surface area contributed by atoms with Crippen LogP contribution in [0.15, 0.2) is 479 Å². The number of anilines is 4. The molecule has 0 amide bonds. The number of allylic oxidation sites excluding steroid dienone is 27. The zero-order valence-electron chi connectivity index (χ0n) is 76.7. The Kier molecular flexibility index (Phi) is 23.5. The quantitative estimate of drug-likeness (QED) is 0.0819. The molecule has 24 rings (SSSR count). The maximum atomic E-state index is 4.18. The van der Waals surface area contributed by atoms with Gasteiger partial charge < -0.3 is 28.8 Å². The number of nitrogens with zero attached hydrogens (tertiary/aromatic N) is 5. The van der Waals surface area contributed by atoms with Crippen molar-refractivity contribution >= 4 is 118 Å². The number of nitrogens with one attached hydrogen (secondary N) is 1. The van der Waals surface area contributed by atoms with Crippen LogP contribution in [0.2, 0.25) is 0 Å². The van der Waals surface area contributed by atoms with Crippen LogP contribution in [0, 0.1) is 5.92 Å². The van der Waals surface area contributed by atoms with Crippen LogP contribution in [0.5, 0.6) is 0 Å². The largest absolute Gasteiger partial charge is 0.356 e. The van der Waals surface area contributed by atoms with Crippen molar-refractivity contribution in [3.63, 3.8) is 0 Å². The third-order valence-corrected chi connectivity index (χ3v) is 28.8. The molecule has 0 bridgehead atoms. The van der Waals surface area contributed by atoms with Crippen molar-refractivity contribution in [1.82, 2.24) is 13.7 Å². The molecule has 4 heterocycles. The first-order chi connectivity index (χ1) is 66.6. The summed E-state index contributed by atoms with van der Waals surface area (Å²) >= 11 is 0. The summed E-state index contributed by atoms with van der Waals surface area (Å²) in [6.45, 7) is 12.9. The molecule has 6 nitrogen and oxygen atoms in total. The van der Waals surface area contributed by atoms with Gasteiger partial charge in [0.05, 0.1) is 45.4 Å². The summed E-state index contributed by atoms with van der Waals surface area (Å²) in [5.41, 5.74) is 35.8. The molecule has 1 aliphatic heterocycles. The molecule has 9 aliphatic rings. The molecule has 0 spiro atoms. The van der Waals surface area contributed by atoms with E-state index < -0.39 is 0 Å². The van der Waals surface area contributed by atoms with Gasteiger partial charge in [-0.1, -0.05) is 361 Å². The van der Waals surface area contributed by atoms with Gasteiger partial charge >= 0.3 is 0 Å². The smallest absolute Gasteiger partial charge is 0.0630 e. The molecule has 6 heteroatoms. The van der Waals surface area contributed by atoms with E-state index in [-0.39, 0.29) is 23.4 Å².